The molecule has 0 aromatic carbocycles. The Bertz CT molecular complexity index is 300. The van der Waals surface area contributed by atoms with Gasteiger partial charge in [0.2, 0.25) is 0 Å². The maximum absolute atomic E-state index is 10.7. The van der Waals surface area contributed by atoms with Crippen molar-refractivity contribution in [1.82, 2.24) is 0 Å². The van der Waals surface area contributed by atoms with Gasteiger partial charge in [-0.2, -0.15) is 0 Å². The number of carbonyl (C=O) groups excluding carboxylic acids is 1. The molecule has 2 nitrogen and oxygen atoms in total. The molecular weight excluding hydrogens is 152 g/mol. The summed E-state index contributed by atoms with van der Waals surface area (Å²) >= 11 is 0. The summed E-state index contributed by atoms with van der Waals surface area (Å²) in [5.41, 5.74) is 1.60. The molecule has 0 bridgehead atoms. The third-order valence-electron chi connectivity index (χ3n) is 1.41. The summed E-state index contributed by atoms with van der Waals surface area (Å²) in [5.74, 6) is 5.40. The second-order valence-corrected chi connectivity index (χ2v) is 2.46. The first kappa shape index (κ1) is 8.61. The van der Waals surface area contributed by atoms with Crippen LogP contribution in [0.25, 0.3) is 0 Å². The van der Waals surface area contributed by atoms with Gasteiger partial charge in [0, 0.05) is 17.6 Å². The first-order valence-electron chi connectivity index (χ1n) is 3.79. The lowest BCUT2D eigenvalue weighted by atomic mass is 10.3. The zero-order valence-corrected chi connectivity index (χ0v) is 7.02. The average molecular weight is 162 g/mol. The minimum absolute atomic E-state index is 0.199. The first-order valence-corrected chi connectivity index (χ1v) is 3.79. The highest BCUT2D eigenvalue weighted by Gasteiger charge is 2.03. The third kappa shape index (κ3) is 2.28. The van der Waals surface area contributed by atoms with Gasteiger partial charge in [0.05, 0.1) is 0 Å². The van der Waals surface area contributed by atoms with Gasteiger partial charge in [-0.05, 0) is 6.08 Å². The van der Waals surface area contributed by atoms with E-state index in [0.29, 0.717) is 6.42 Å². The highest BCUT2D eigenvalue weighted by molar-refractivity contribution is 5.69. The fourth-order valence-electron chi connectivity index (χ4n) is 0.781. The number of allylic oxidation sites excluding steroid dienone is 2. The molecule has 0 radical (unpaired) electrons. The predicted molar refractivity (Wildman–Crippen MR) is 46.2 cm³/mol. The Morgan fingerprint density at radius 3 is 2.92 bits per heavy atom. The summed E-state index contributed by atoms with van der Waals surface area (Å²) in [4.78, 5) is 10.7. The minimum atomic E-state index is -0.199. The molecular formula is C10H10O2. The Labute approximate surface area is 71.9 Å². The third-order valence-corrected chi connectivity index (χ3v) is 1.41. The van der Waals surface area contributed by atoms with Crippen molar-refractivity contribution in [3.8, 4) is 11.8 Å². The maximum Gasteiger partial charge on any atom is 0.305 e. The van der Waals surface area contributed by atoms with E-state index in [1.165, 1.54) is 0 Å². The van der Waals surface area contributed by atoms with Crippen LogP contribution in [-0.4, -0.2) is 12.6 Å². The van der Waals surface area contributed by atoms with E-state index in [0.717, 1.165) is 11.1 Å². The Morgan fingerprint density at radius 1 is 1.67 bits per heavy atom. The second-order valence-electron chi connectivity index (χ2n) is 2.46. The predicted octanol–water partition coefficient (Wildman–Crippen LogP) is 1.44. The van der Waals surface area contributed by atoms with Crippen LogP contribution >= 0.6 is 0 Å². The smallest absolute Gasteiger partial charge is 0.305 e. The van der Waals surface area contributed by atoms with Gasteiger partial charge in [0.25, 0.3) is 0 Å². The van der Waals surface area contributed by atoms with Crippen LogP contribution in [0.15, 0.2) is 23.8 Å². The Hall–Kier alpha value is -1.49. The number of esters is 1. The van der Waals surface area contributed by atoms with Gasteiger partial charge in [-0.15, -0.1) is 0 Å². The number of rotatable bonds is 3. The van der Waals surface area contributed by atoms with Crippen molar-refractivity contribution in [2.24, 2.45) is 0 Å². The van der Waals surface area contributed by atoms with Crippen molar-refractivity contribution in [2.75, 3.05) is 6.61 Å². The van der Waals surface area contributed by atoms with Crippen LogP contribution < -0.4 is 0 Å². The molecule has 1 rings (SSSR count). The molecule has 0 saturated carbocycles. The van der Waals surface area contributed by atoms with Gasteiger partial charge in [-0.3, -0.25) is 4.79 Å². The first-order chi connectivity index (χ1) is 5.72. The van der Waals surface area contributed by atoms with Crippen molar-refractivity contribution in [2.45, 2.75) is 13.3 Å². The molecule has 1 aliphatic carbocycles. The van der Waals surface area contributed by atoms with E-state index in [-0.39, 0.29) is 12.6 Å². The van der Waals surface area contributed by atoms with Crippen LogP contribution in [0.4, 0.5) is 0 Å². The quantitative estimate of drug-likeness (QED) is 0.463. The Morgan fingerprint density at radius 2 is 2.42 bits per heavy atom. The van der Waals surface area contributed by atoms with Gasteiger partial charge < -0.3 is 4.74 Å². The molecule has 1 aliphatic rings. The van der Waals surface area contributed by atoms with Crippen molar-refractivity contribution in [1.29, 1.82) is 0 Å². The number of ether oxygens (including phenoxy) is 1. The van der Waals surface area contributed by atoms with E-state index in [4.69, 9.17) is 4.74 Å². The molecule has 0 atom stereocenters. The van der Waals surface area contributed by atoms with Crippen molar-refractivity contribution in [3.63, 3.8) is 0 Å². The molecule has 0 heterocycles. The largest absolute Gasteiger partial charge is 0.460 e. The van der Waals surface area contributed by atoms with Crippen molar-refractivity contribution < 1.29 is 9.53 Å². The highest BCUT2D eigenvalue weighted by Crippen LogP contribution is 2.06. The lowest BCUT2D eigenvalue weighted by molar-refractivity contribution is -0.142. The van der Waals surface area contributed by atoms with E-state index in [1.54, 1.807) is 13.0 Å². The summed E-state index contributed by atoms with van der Waals surface area (Å²) < 4.78 is 4.87. The normalized spacial score (nSPS) is 13.4. The van der Waals surface area contributed by atoms with Gasteiger partial charge in [-0.25, -0.2) is 0 Å². The molecule has 12 heavy (non-hydrogen) atoms. The summed E-state index contributed by atoms with van der Waals surface area (Å²) in [6.45, 7) is 5.70. The molecule has 0 aromatic heterocycles. The maximum atomic E-state index is 10.7. The molecule has 0 spiro atoms. The molecule has 0 amide bonds. The zero-order chi connectivity index (χ0) is 8.97. The SMILES string of the molecule is C=C1C#CC(COC(=O)CC)=C1. The van der Waals surface area contributed by atoms with Crippen molar-refractivity contribution >= 4 is 5.97 Å². The summed E-state index contributed by atoms with van der Waals surface area (Å²) in [5, 5.41) is 0. The summed E-state index contributed by atoms with van der Waals surface area (Å²) in [7, 11) is 0. The van der Waals surface area contributed by atoms with Crippen molar-refractivity contribution in [3.05, 3.63) is 23.8 Å². The van der Waals surface area contributed by atoms with Gasteiger partial charge in [0.15, 0.2) is 0 Å². The molecule has 2 heteroatoms. The molecule has 0 aromatic rings. The summed E-state index contributed by atoms with van der Waals surface area (Å²) in [6.07, 6.45) is 2.20. The second kappa shape index (κ2) is 3.77. The lowest BCUT2D eigenvalue weighted by Crippen LogP contribution is -2.04. The van der Waals surface area contributed by atoms with Crippen LogP contribution in [0.5, 0.6) is 0 Å². The minimum Gasteiger partial charge on any atom is -0.460 e. The lowest BCUT2D eigenvalue weighted by Gasteiger charge is -1.99. The highest BCUT2D eigenvalue weighted by atomic mass is 16.5. The standard InChI is InChI=1S/C10H10O2/c1-3-10(11)12-7-9-5-4-8(2)6-9/h6H,2-3,7H2,1H3. The number of carbonyl (C=O) groups is 1. The fourth-order valence-corrected chi connectivity index (χ4v) is 0.781. The molecule has 62 valence electrons. The fraction of sp³-hybridized carbons (Fsp3) is 0.300. The van der Waals surface area contributed by atoms with E-state index in [9.17, 15) is 4.79 Å². The number of hydrogen-bond acceptors (Lipinski definition) is 2. The van der Waals surface area contributed by atoms with E-state index < -0.39 is 0 Å². The van der Waals surface area contributed by atoms with E-state index in [1.807, 2.05) is 0 Å². The van der Waals surface area contributed by atoms with Crippen LogP contribution in [0.3, 0.4) is 0 Å². The Balaban J connectivity index is 2.36. The molecule has 0 saturated heterocycles. The van der Waals surface area contributed by atoms with E-state index >= 15 is 0 Å². The van der Waals surface area contributed by atoms with Crippen LogP contribution in [0.2, 0.25) is 0 Å². The van der Waals surface area contributed by atoms with E-state index in [2.05, 4.69) is 18.4 Å². The van der Waals surface area contributed by atoms with Gasteiger partial charge in [0.1, 0.15) is 6.61 Å². The number of hydrogen-bond donors (Lipinski definition) is 0. The van der Waals surface area contributed by atoms with Gasteiger partial charge >= 0.3 is 5.97 Å². The molecule has 0 aliphatic heterocycles. The molecule has 0 unspecified atom stereocenters. The topological polar surface area (TPSA) is 26.3 Å². The monoisotopic (exact) mass is 162 g/mol. The molecule has 0 fully saturated rings. The average Bonchev–Trinajstić information content (AvgIpc) is 2.47. The zero-order valence-electron chi connectivity index (χ0n) is 7.02. The Kier molecular flexibility index (Phi) is 2.71. The summed E-state index contributed by atoms with van der Waals surface area (Å²) in [6, 6.07) is 0. The van der Waals surface area contributed by atoms with Gasteiger partial charge in [-0.1, -0.05) is 25.3 Å². The van der Waals surface area contributed by atoms with Crippen LogP contribution in [0, 0.1) is 11.8 Å². The van der Waals surface area contributed by atoms with Crippen LogP contribution in [0.1, 0.15) is 13.3 Å². The molecule has 0 N–H and O–H groups in total. The van der Waals surface area contributed by atoms with Crippen LogP contribution in [-0.2, 0) is 9.53 Å².